The van der Waals surface area contributed by atoms with E-state index in [4.69, 9.17) is 4.74 Å². The Kier molecular flexibility index (Phi) is 6.14. The number of hydrogen-bond donors (Lipinski definition) is 0. The lowest BCUT2D eigenvalue weighted by Gasteiger charge is -2.29. The van der Waals surface area contributed by atoms with Crippen molar-refractivity contribution in [2.45, 2.75) is 0 Å². The van der Waals surface area contributed by atoms with Crippen LogP contribution >= 0.6 is 15.9 Å². The van der Waals surface area contributed by atoms with Crippen molar-refractivity contribution in [1.82, 2.24) is 9.78 Å². The number of carbonyl (C=O) groups is 1. The van der Waals surface area contributed by atoms with Crippen molar-refractivity contribution in [3.05, 3.63) is 91.2 Å². The minimum absolute atomic E-state index is 0.0709. The Morgan fingerprint density at radius 2 is 1.77 bits per heavy atom. The third-order valence-electron chi connectivity index (χ3n) is 5.89. The molecule has 4 aromatic rings. The minimum atomic E-state index is -0.523. The van der Waals surface area contributed by atoms with Crippen molar-refractivity contribution in [2.75, 3.05) is 31.2 Å². The Morgan fingerprint density at radius 1 is 1.03 bits per heavy atom. The molecule has 176 valence electrons. The van der Waals surface area contributed by atoms with Gasteiger partial charge in [-0.05, 0) is 36.4 Å². The minimum Gasteiger partial charge on any atom is -0.378 e. The molecule has 0 bridgehead atoms. The monoisotopic (exact) mass is 534 g/mol. The summed E-state index contributed by atoms with van der Waals surface area (Å²) in [7, 11) is 0. The number of fused-ring (bicyclic) bond motifs is 1. The van der Waals surface area contributed by atoms with Crippen LogP contribution in [0.5, 0.6) is 0 Å². The van der Waals surface area contributed by atoms with Gasteiger partial charge >= 0.3 is 0 Å². The molecule has 0 radical (unpaired) electrons. The second-order valence-electron chi connectivity index (χ2n) is 8.03. The highest BCUT2D eigenvalue weighted by atomic mass is 79.9. The number of hydrogen-bond acceptors (Lipinski definition) is 7. The van der Waals surface area contributed by atoms with E-state index in [9.17, 15) is 19.7 Å². The standard InChI is InChI=1S/C25H19BrN4O5/c26-18-12-16(15-31)11-17(13-18)24-20-3-1-2-4-21(20)25(32)29(27-24)23-14-19(5-6-22(23)30(33)34)28-7-9-35-10-8-28/h1-6,11-15H,7-10H2. The largest absolute Gasteiger partial charge is 0.378 e. The van der Waals surface area contributed by atoms with Crippen LogP contribution in [0.15, 0.2) is 69.9 Å². The van der Waals surface area contributed by atoms with Gasteiger partial charge in [-0.3, -0.25) is 19.7 Å². The van der Waals surface area contributed by atoms with Gasteiger partial charge < -0.3 is 9.64 Å². The molecule has 0 aliphatic carbocycles. The average molecular weight is 535 g/mol. The topological polar surface area (TPSA) is 108 Å². The molecule has 35 heavy (non-hydrogen) atoms. The summed E-state index contributed by atoms with van der Waals surface area (Å²) >= 11 is 3.42. The number of nitrogens with zero attached hydrogens (tertiary/aromatic N) is 4. The van der Waals surface area contributed by atoms with Crippen LogP contribution in [-0.2, 0) is 4.74 Å². The predicted molar refractivity (Wildman–Crippen MR) is 136 cm³/mol. The maximum absolute atomic E-state index is 13.5. The van der Waals surface area contributed by atoms with Crippen LogP contribution in [-0.4, -0.2) is 47.3 Å². The van der Waals surface area contributed by atoms with Gasteiger partial charge in [0.25, 0.3) is 11.2 Å². The Labute approximate surface area is 207 Å². The van der Waals surface area contributed by atoms with Gasteiger partial charge in [0, 0.05) is 45.8 Å². The van der Waals surface area contributed by atoms with E-state index in [1.54, 1.807) is 54.6 Å². The molecule has 0 N–H and O–H groups in total. The number of aromatic nitrogens is 2. The number of nitro benzene ring substituents is 1. The predicted octanol–water partition coefficient (Wildman–Crippen LogP) is 4.37. The third kappa shape index (κ3) is 4.33. The number of halogens is 1. The van der Waals surface area contributed by atoms with Gasteiger partial charge in [0.15, 0.2) is 0 Å². The molecule has 5 rings (SSSR count). The fourth-order valence-electron chi connectivity index (χ4n) is 4.24. The summed E-state index contributed by atoms with van der Waals surface area (Å²) in [6.07, 6.45) is 0.725. The molecule has 1 aliphatic rings. The molecule has 0 spiro atoms. The zero-order valence-corrected chi connectivity index (χ0v) is 20.0. The Morgan fingerprint density at radius 3 is 2.49 bits per heavy atom. The highest BCUT2D eigenvalue weighted by molar-refractivity contribution is 9.10. The van der Waals surface area contributed by atoms with Gasteiger partial charge in [0.2, 0.25) is 0 Å². The van der Waals surface area contributed by atoms with E-state index in [2.05, 4.69) is 21.0 Å². The van der Waals surface area contributed by atoms with Crippen molar-refractivity contribution in [3.63, 3.8) is 0 Å². The Bertz CT molecular complexity index is 1530. The summed E-state index contributed by atoms with van der Waals surface area (Å²) in [6, 6.07) is 16.8. The fraction of sp³-hybridized carbons (Fsp3) is 0.160. The van der Waals surface area contributed by atoms with Crippen molar-refractivity contribution < 1.29 is 14.5 Å². The third-order valence-corrected chi connectivity index (χ3v) is 6.35. The van der Waals surface area contributed by atoms with Crippen LogP contribution in [0.3, 0.4) is 0 Å². The molecule has 1 aliphatic heterocycles. The maximum Gasteiger partial charge on any atom is 0.295 e. The number of anilines is 1. The quantitative estimate of drug-likeness (QED) is 0.212. The molecule has 1 aromatic heterocycles. The van der Waals surface area contributed by atoms with Crippen LogP contribution in [0, 0.1) is 10.1 Å². The van der Waals surface area contributed by atoms with E-state index in [1.165, 1.54) is 6.07 Å². The molecule has 0 saturated carbocycles. The van der Waals surface area contributed by atoms with Crippen molar-refractivity contribution in [1.29, 1.82) is 0 Å². The first-order valence-corrected chi connectivity index (χ1v) is 11.7. The van der Waals surface area contributed by atoms with Gasteiger partial charge in [0.1, 0.15) is 12.0 Å². The van der Waals surface area contributed by atoms with E-state index < -0.39 is 10.5 Å². The average Bonchev–Trinajstić information content (AvgIpc) is 2.88. The van der Waals surface area contributed by atoms with Crippen LogP contribution in [0.25, 0.3) is 27.7 Å². The first-order valence-electron chi connectivity index (χ1n) is 10.9. The van der Waals surface area contributed by atoms with Crippen LogP contribution in [0.2, 0.25) is 0 Å². The normalized spacial score (nSPS) is 13.7. The van der Waals surface area contributed by atoms with E-state index in [0.29, 0.717) is 58.4 Å². The molecule has 2 heterocycles. The van der Waals surface area contributed by atoms with Gasteiger partial charge in [0.05, 0.1) is 29.2 Å². The lowest BCUT2D eigenvalue weighted by atomic mass is 10.0. The highest BCUT2D eigenvalue weighted by Gasteiger charge is 2.23. The van der Waals surface area contributed by atoms with Gasteiger partial charge in [-0.25, -0.2) is 0 Å². The summed E-state index contributed by atoms with van der Waals surface area (Å²) in [5.74, 6) is 0. The number of rotatable bonds is 5. The van der Waals surface area contributed by atoms with E-state index in [1.807, 2.05) is 4.90 Å². The number of nitro groups is 1. The van der Waals surface area contributed by atoms with Crippen molar-refractivity contribution in [2.24, 2.45) is 0 Å². The molecular weight excluding hydrogens is 516 g/mol. The number of benzene rings is 3. The number of carbonyl (C=O) groups excluding carboxylic acids is 1. The molecule has 3 aromatic carbocycles. The zero-order chi connectivity index (χ0) is 24.5. The maximum atomic E-state index is 13.5. The number of morpholine rings is 1. The fourth-order valence-corrected chi connectivity index (χ4v) is 4.75. The molecule has 0 unspecified atom stereocenters. The first-order chi connectivity index (χ1) is 17.0. The van der Waals surface area contributed by atoms with Gasteiger partial charge in [-0.1, -0.05) is 34.1 Å². The summed E-state index contributed by atoms with van der Waals surface area (Å²) in [4.78, 5) is 38.5. The molecule has 10 heteroatoms. The molecular formula is C25H19BrN4O5. The van der Waals surface area contributed by atoms with Crippen LogP contribution in [0.1, 0.15) is 10.4 Å². The zero-order valence-electron chi connectivity index (χ0n) is 18.4. The smallest absolute Gasteiger partial charge is 0.295 e. The summed E-state index contributed by atoms with van der Waals surface area (Å²) in [5, 5.41) is 17.5. The second-order valence-corrected chi connectivity index (χ2v) is 8.95. The molecule has 1 saturated heterocycles. The molecule has 1 fully saturated rings. The molecule has 0 amide bonds. The van der Waals surface area contributed by atoms with E-state index >= 15 is 0 Å². The van der Waals surface area contributed by atoms with Crippen molar-refractivity contribution >= 4 is 44.4 Å². The summed E-state index contributed by atoms with van der Waals surface area (Å²) < 4.78 is 7.16. The second kappa shape index (κ2) is 9.40. The first kappa shape index (κ1) is 22.9. The van der Waals surface area contributed by atoms with Crippen LogP contribution in [0.4, 0.5) is 11.4 Å². The lowest BCUT2D eigenvalue weighted by molar-refractivity contribution is -0.384. The number of ether oxygens (including phenoxy) is 1. The van der Waals surface area contributed by atoms with E-state index in [-0.39, 0.29) is 11.4 Å². The number of aldehydes is 1. The summed E-state index contributed by atoms with van der Waals surface area (Å²) in [5.41, 5.74) is 1.55. The summed E-state index contributed by atoms with van der Waals surface area (Å²) in [6.45, 7) is 2.36. The molecule has 9 nitrogen and oxygen atoms in total. The van der Waals surface area contributed by atoms with Gasteiger partial charge in [-0.15, -0.1) is 0 Å². The van der Waals surface area contributed by atoms with E-state index in [0.717, 1.165) is 16.7 Å². The Balaban J connectivity index is 1.80. The highest BCUT2D eigenvalue weighted by Crippen LogP contribution is 2.32. The SMILES string of the molecule is O=Cc1cc(Br)cc(-c2nn(-c3cc(N4CCOCC4)ccc3[N+](=O)[O-])c(=O)c3ccccc23)c1. The molecule has 0 atom stereocenters. The lowest BCUT2D eigenvalue weighted by Crippen LogP contribution is -2.36. The Hall–Kier alpha value is -3.89. The van der Waals surface area contributed by atoms with Crippen LogP contribution < -0.4 is 10.5 Å². The van der Waals surface area contributed by atoms with Crippen molar-refractivity contribution in [3.8, 4) is 16.9 Å². The van der Waals surface area contributed by atoms with Gasteiger partial charge in [-0.2, -0.15) is 9.78 Å².